The molecule has 2 N–H and O–H groups in total. The zero-order valence-electron chi connectivity index (χ0n) is 10.3. The van der Waals surface area contributed by atoms with Gasteiger partial charge in [-0.15, -0.1) is 0 Å². The number of nitrogens with zero attached hydrogens (tertiary/aromatic N) is 1. The molecule has 0 bridgehead atoms. The lowest BCUT2D eigenvalue weighted by molar-refractivity contribution is -0.117. The molecule has 1 fully saturated rings. The zero-order valence-corrected chi connectivity index (χ0v) is 10.3. The van der Waals surface area contributed by atoms with Gasteiger partial charge in [0.15, 0.2) is 0 Å². The molecule has 96 valence electrons. The van der Waals surface area contributed by atoms with Crippen LogP contribution in [0.3, 0.4) is 0 Å². The van der Waals surface area contributed by atoms with E-state index in [1.165, 1.54) is 0 Å². The number of hydrogen-bond donors (Lipinski definition) is 2. The number of alkyl carbamates (subject to hydrolysis) is 1. The van der Waals surface area contributed by atoms with Gasteiger partial charge in [0, 0.05) is 25.5 Å². The Morgan fingerprint density at radius 1 is 1.39 bits per heavy atom. The second kappa shape index (κ2) is 4.95. The van der Waals surface area contributed by atoms with Crippen molar-refractivity contribution in [3.05, 3.63) is 24.3 Å². The summed E-state index contributed by atoms with van der Waals surface area (Å²) in [6.07, 6.45) is -0.557. The predicted molar refractivity (Wildman–Crippen MR) is 67.7 cm³/mol. The Balaban J connectivity index is 1.97. The molecule has 1 heterocycles. The normalized spacial score (nSPS) is 17.9. The van der Waals surface area contributed by atoms with E-state index in [2.05, 4.69) is 15.4 Å². The molecule has 6 heteroatoms. The number of amides is 2. The molecule has 2 amide bonds. The molecule has 6 nitrogen and oxygen atoms in total. The summed E-state index contributed by atoms with van der Waals surface area (Å²) in [5.41, 5.74) is 1.73. The Hall–Kier alpha value is -2.24. The molecule has 2 rings (SSSR count). The van der Waals surface area contributed by atoms with Crippen molar-refractivity contribution >= 4 is 23.4 Å². The summed E-state index contributed by atoms with van der Waals surface area (Å²) in [6.45, 7) is 0.0699. The third-order valence-electron chi connectivity index (χ3n) is 2.64. The van der Waals surface area contributed by atoms with Crippen LogP contribution in [0, 0.1) is 0 Å². The summed E-state index contributed by atoms with van der Waals surface area (Å²) < 4.78 is 4.66. The lowest BCUT2D eigenvalue weighted by Crippen LogP contribution is -2.38. The van der Waals surface area contributed by atoms with E-state index in [1.54, 1.807) is 0 Å². The molecule has 1 aliphatic heterocycles. The molecule has 1 aromatic carbocycles. The largest absolute Gasteiger partial charge is 0.447 e. The third-order valence-corrected chi connectivity index (χ3v) is 2.64. The van der Waals surface area contributed by atoms with E-state index in [0.29, 0.717) is 5.69 Å². The van der Waals surface area contributed by atoms with Gasteiger partial charge in [0.1, 0.15) is 12.6 Å². The molecule has 1 aliphatic rings. The summed E-state index contributed by atoms with van der Waals surface area (Å²) in [6, 6.07) is 6.81. The number of carbonyl (C=O) groups is 2. The smallest absolute Gasteiger partial charge is 0.407 e. The highest BCUT2D eigenvalue weighted by Crippen LogP contribution is 2.16. The number of ether oxygens (including phenoxy) is 1. The van der Waals surface area contributed by atoms with Crippen molar-refractivity contribution in [2.24, 2.45) is 0 Å². The number of benzene rings is 1. The highest BCUT2D eigenvalue weighted by molar-refractivity contribution is 5.97. The Bertz CT molecular complexity index is 456. The van der Waals surface area contributed by atoms with E-state index in [-0.39, 0.29) is 12.5 Å². The number of nitrogens with one attached hydrogen (secondary N) is 2. The van der Waals surface area contributed by atoms with Gasteiger partial charge in [-0.3, -0.25) is 4.79 Å². The van der Waals surface area contributed by atoms with Crippen LogP contribution < -0.4 is 15.5 Å². The predicted octanol–water partition coefficient (Wildman–Crippen LogP) is 0.799. The van der Waals surface area contributed by atoms with Crippen molar-refractivity contribution < 1.29 is 14.3 Å². The van der Waals surface area contributed by atoms with Crippen LogP contribution in [-0.4, -0.2) is 38.7 Å². The van der Waals surface area contributed by atoms with Gasteiger partial charge >= 0.3 is 6.09 Å². The molecule has 1 unspecified atom stereocenters. The summed E-state index contributed by atoms with van der Waals surface area (Å²) in [5.74, 6) is -0.279. The first kappa shape index (κ1) is 12.2. The maximum atomic E-state index is 11.8. The second-order valence-corrected chi connectivity index (χ2v) is 4.23. The first-order valence-electron chi connectivity index (χ1n) is 5.58. The van der Waals surface area contributed by atoms with Gasteiger partial charge in [-0.25, -0.2) is 4.79 Å². The Morgan fingerprint density at radius 3 is 2.56 bits per heavy atom. The van der Waals surface area contributed by atoms with Crippen molar-refractivity contribution in [2.75, 3.05) is 30.9 Å². The van der Waals surface area contributed by atoms with Crippen LogP contribution in [0.1, 0.15) is 0 Å². The molecule has 0 radical (unpaired) electrons. The summed E-state index contributed by atoms with van der Waals surface area (Å²) in [4.78, 5) is 24.5. The lowest BCUT2D eigenvalue weighted by Gasteiger charge is -2.13. The summed E-state index contributed by atoms with van der Waals surface area (Å²) >= 11 is 0. The SMILES string of the molecule is CN(C)c1ccc(NC(=O)C2COC(=O)N2)cc1. The average Bonchev–Trinajstić information content (AvgIpc) is 2.76. The van der Waals surface area contributed by atoms with Crippen molar-refractivity contribution in [3.8, 4) is 0 Å². The number of hydrogen-bond acceptors (Lipinski definition) is 4. The fraction of sp³-hybridized carbons (Fsp3) is 0.333. The van der Waals surface area contributed by atoms with Crippen molar-refractivity contribution in [2.45, 2.75) is 6.04 Å². The minimum absolute atomic E-state index is 0.0699. The Morgan fingerprint density at radius 2 is 2.06 bits per heavy atom. The second-order valence-electron chi connectivity index (χ2n) is 4.23. The average molecular weight is 249 g/mol. The summed E-state index contributed by atoms with van der Waals surface area (Å²) in [7, 11) is 3.89. The molecule has 1 atom stereocenters. The van der Waals surface area contributed by atoms with Crippen LogP contribution in [0.2, 0.25) is 0 Å². The van der Waals surface area contributed by atoms with E-state index < -0.39 is 12.1 Å². The van der Waals surface area contributed by atoms with E-state index in [9.17, 15) is 9.59 Å². The minimum atomic E-state index is -0.619. The quantitative estimate of drug-likeness (QED) is 0.831. The molecule has 0 spiro atoms. The Kier molecular flexibility index (Phi) is 3.36. The number of anilines is 2. The summed E-state index contributed by atoms with van der Waals surface area (Å²) in [5, 5.41) is 5.14. The van der Waals surface area contributed by atoms with Crippen LogP contribution in [0.25, 0.3) is 0 Å². The molecule has 0 aliphatic carbocycles. The highest BCUT2D eigenvalue weighted by atomic mass is 16.6. The first-order valence-corrected chi connectivity index (χ1v) is 5.58. The third kappa shape index (κ3) is 2.71. The van der Waals surface area contributed by atoms with Gasteiger partial charge in [-0.05, 0) is 24.3 Å². The van der Waals surface area contributed by atoms with E-state index in [0.717, 1.165) is 5.69 Å². The van der Waals surface area contributed by atoms with Gasteiger partial charge in [0.05, 0.1) is 0 Å². The maximum absolute atomic E-state index is 11.8. The van der Waals surface area contributed by atoms with Crippen LogP contribution in [0.5, 0.6) is 0 Å². The zero-order chi connectivity index (χ0) is 13.1. The van der Waals surface area contributed by atoms with Crippen LogP contribution in [-0.2, 0) is 9.53 Å². The molecule has 0 aromatic heterocycles. The van der Waals surface area contributed by atoms with Crippen LogP contribution >= 0.6 is 0 Å². The van der Waals surface area contributed by atoms with Gasteiger partial charge in [-0.2, -0.15) is 0 Å². The monoisotopic (exact) mass is 249 g/mol. The molecule has 1 saturated heterocycles. The van der Waals surface area contributed by atoms with Gasteiger partial charge in [0.2, 0.25) is 0 Å². The minimum Gasteiger partial charge on any atom is -0.447 e. The van der Waals surface area contributed by atoms with E-state index in [1.807, 2.05) is 43.3 Å². The van der Waals surface area contributed by atoms with Crippen molar-refractivity contribution in [1.29, 1.82) is 0 Å². The molecular formula is C12H15N3O3. The van der Waals surface area contributed by atoms with E-state index in [4.69, 9.17) is 0 Å². The lowest BCUT2D eigenvalue weighted by atomic mass is 10.2. The van der Waals surface area contributed by atoms with Gasteiger partial charge in [-0.1, -0.05) is 0 Å². The molecule has 0 saturated carbocycles. The molecular weight excluding hydrogens is 234 g/mol. The van der Waals surface area contributed by atoms with Crippen LogP contribution in [0.15, 0.2) is 24.3 Å². The fourth-order valence-corrected chi connectivity index (χ4v) is 1.60. The first-order chi connectivity index (χ1) is 8.56. The highest BCUT2D eigenvalue weighted by Gasteiger charge is 2.28. The van der Waals surface area contributed by atoms with Crippen LogP contribution in [0.4, 0.5) is 16.2 Å². The molecule has 18 heavy (non-hydrogen) atoms. The maximum Gasteiger partial charge on any atom is 0.407 e. The van der Waals surface area contributed by atoms with Crippen molar-refractivity contribution in [3.63, 3.8) is 0 Å². The van der Waals surface area contributed by atoms with Crippen molar-refractivity contribution in [1.82, 2.24) is 5.32 Å². The standard InChI is InChI=1S/C12H15N3O3/c1-15(2)9-5-3-8(4-6-9)13-11(16)10-7-18-12(17)14-10/h3-6,10H,7H2,1-2H3,(H,13,16)(H,14,17). The van der Waals surface area contributed by atoms with Gasteiger partial charge < -0.3 is 20.3 Å². The molecule has 1 aromatic rings. The number of rotatable bonds is 3. The topological polar surface area (TPSA) is 70.7 Å². The van der Waals surface area contributed by atoms with E-state index >= 15 is 0 Å². The van der Waals surface area contributed by atoms with Gasteiger partial charge in [0.25, 0.3) is 5.91 Å². The number of cyclic esters (lactones) is 1. The Labute approximate surface area is 105 Å². The fourth-order valence-electron chi connectivity index (χ4n) is 1.60. The number of carbonyl (C=O) groups excluding carboxylic acids is 2.